The molecule has 0 bridgehead atoms. The predicted octanol–water partition coefficient (Wildman–Crippen LogP) is 4.28. The Labute approximate surface area is 166 Å². The van der Waals surface area contributed by atoms with Crippen LogP contribution in [0.4, 0.5) is 0 Å². The minimum absolute atomic E-state index is 0.0579. The van der Waals surface area contributed by atoms with Gasteiger partial charge in [-0.2, -0.15) is 0 Å². The number of amides is 1. The number of likely N-dealkylation sites (N-methyl/N-ethyl adjacent to an activating group) is 1. The third-order valence-corrected chi connectivity index (χ3v) is 4.56. The van der Waals surface area contributed by atoms with Gasteiger partial charge in [-0.3, -0.25) is 4.79 Å². The van der Waals surface area contributed by atoms with Gasteiger partial charge in [-0.1, -0.05) is 48.5 Å². The van der Waals surface area contributed by atoms with Crippen molar-refractivity contribution in [3.05, 3.63) is 83.9 Å². The lowest BCUT2D eigenvalue weighted by Crippen LogP contribution is -2.34. The third-order valence-electron chi connectivity index (χ3n) is 4.56. The molecule has 0 spiro atoms. The highest BCUT2D eigenvalue weighted by molar-refractivity contribution is 5.93. The van der Waals surface area contributed by atoms with Crippen molar-refractivity contribution in [2.75, 3.05) is 27.7 Å². The molecular weight excluding hydrogens is 348 g/mol. The minimum atomic E-state index is -0.106. The molecular formula is C24H26N2O2. The van der Waals surface area contributed by atoms with E-state index in [1.807, 2.05) is 80.8 Å². The molecule has 28 heavy (non-hydrogen) atoms. The van der Waals surface area contributed by atoms with Gasteiger partial charge in [0.2, 0.25) is 5.91 Å². The molecule has 3 rings (SSSR count). The summed E-state index contributed by atoms with van der Waals surface area (Å²) in [6, 6.07) is 22.0. The zero-order chi connectivity index (χ0) is 19.9. The summed E-state index contributed by atoms with van der Waals surface area (Å²) in [4.78, 5) is 14.6. The Kier molecular flexibility index (Phi) is 6.45. The topological polar surface area (TPSA) is 41.6 Å². The Morgan fingerprint density at radius 1 is 1.04 bits per heavy atom. The summed E-state index contributed by atoms with van der Waals surface area (Å²) in [5.74, 6) is 0.730. The second-order valence-corrected chi connectivity index (χ2v) is 7.04. The molecule has 4 heteroatoms. The smallest absolute Gasteiger partial charge is 0.244 e. The van der Waals surface area contributed by atoms with Crippen LogP contribution in [0.2, 0.25) is 0 Å². The van der Waals surface area contributed by atoms with Gasteiger partial charge in [-0.05, 0) is 60.3 Å². The number of methoxy groups -OCH3 is 1. The number of ether oxygens (including phenoxy) is 1. The lowest BCUT2D eigenvalue weighted by molar-refractivity contribution is -0.117. The van der Waals surface area contributed by atoms with E-state index in [0.29, 0.717) is 0 Å². The van der Waals surface area contributed by atoms with Crippen LogP contribution in [0, 0.1) is 0 Å². The Morgan fingerprint density at radius 2 is 1.75 bits per heavy atom. The normalized spacial score (nSPS) is 12.4. The molecule has 1 atom stereocenters. The van der Waals surface area contributed by atoms with E-state index in [9.17, 15) is 4.79 Å². The van der Waals surface area contributed by atoms with Crippen LogP contribution in [0.25, 0.3) is 16.8 Å². The highest BCUT2D eigenvalue weighted by Gasteiger charge is 2.13. The van der Waals surface area contributed by atoms with Crippen LogP contribution >= 0.6 is 0 Å². The van der Waals surface area contributed by atoms with Crippen LogP contribution in [0.3, 0.4) is 0 Å². The van der Waals surface area contributed by atoms with Crippen LogP contribution in [-0.2, 0) is 4.79 Å². The maximum Gasteiger partial charge on any atom is 0.244 e. The van der Waals surface area contributed by atoms with E-state index in [2.05, 4.69) is 16.3 Å². The zero-order valence-electron chi connectivity index (χ0n) is 16.6. The molecule has 0 aliphatic heterocycles. The molecule has 0 heterocycles. The molecule has 3 aromatic carbocycles. The number of hydrogen-bond acceptors (Lipinski definition) is 3. The van der Waals surface area contributed by atoms with E-state index in [1.165, 1.54) is 0 Å². The van der Waals surface area contributed by atoms with E-state index in [0.717, 1.165) is 34.2 Å². The van der Waals surface area contributed by atoms with E-state index >= 15 is 0 Å². The van der Waals surface area contributed by atoms with Gasteiger partial charge in [0.15, 0.2) is 0 Å². The van der Waals surface area contributed by atoms with Gasteiger partial charge >= 0.3 is 0 Å². The number of carbonyl (C=O) groups is 1. The average molecular weight is 374 g/mol. The molecule has 0 fully saturated rings. The second kappa shape index (κ2) is 9.20. The second-order valence-electron chi connectivity index (χ2n) is 7.04. The van der Waals surface area contributed by atoms with E-state index in [-0.39, 0.29) is 11.9 Å². The van der Waals surface area contributed by atoms with Gasteiger partial charge in [-0.25, -0.2) is 0 Å². The fourth-order valence-electron chi connectivity index (χ4n) is 3.15. The van der Waals surface area contributed by atoms with Crippen molar-refractivity contribution in [1.82, 2.24) is 10.2 Å². The molecule has 0 aliphatic carbocycles. The van der Waals surface area contributed by atoms with Gasteiger partial charge in [0.1, 0.15) is 5.75 Å². The van der Waals surface area contributed by atoms with Crippen molar-refractivity contribution in [2.45, 2.75) is 6.04 Å². The third kappa shape index (κ3) is 5.21. The molecule has 1 amide bonds. The van der Waals surface area contributed by atoms with Crippen molar-refractivity contribution < 1.29 is 9.53 Å². The standard InChI is InChI=1S/C24H26N2O2/c1-26(2)17-23(19-7-5-4-6-8-19)25-24(27)14-10-18-9-11-21-16-22(28-3)13-12-20(21)15-18/h4-16,23H,17H2,1-3H3,(H,25,27)/b14-10+/t23-/m0/s1. The van der Waals surface area contributed by atoms with Gasteiger partial charge < -0.3 is 15.0 Å². The van der Waals surface area contributed by atoms with Gasteiger partial charge in [0.05, 0.1) is 13.2 Å². The van der Waals surface area contributed by atoms with Crippen LogP contribution in [0.1, 0.15) is 17.2 Å². The molecule has 4 nitrogen and oxygen atoms in total. The van der Waals surface area contributed by atoms with Crippen molar-refractivity contribution in [1.29, 1.82) is 0 Å². The van der Waals surface area contributed by atoms with Crippen LogP contribution in [-0.4, -0.2) is 38.6 Å². The maximum absolute atomic E-state index is 12.5. The molecule has 3 aromatic rings. The number of carbonyl (C=O) groups excluding carboxylic acids is 1. The monoisotopic (exact) mass is 374 g/mol. The lowest BCUT2D eigenvalue weighted by atomic mass is 10.1. The van der Waals surface area contributed by atoms with Crippen LogP contribution in [0.15, 0.2) is 72.8 Å². The van der Waals surface area contributed by atoms with Crippen molar-refractivity contribution in [2.24, 2.45) is 0 Å². The molecule has 0 radical (unpaired) electrons. The number of benzene rings is 3. The van der Waals surface area contributed by atoms with Crippen LogP contribution < -0.4 is 10.1 Å². The first-order valence-electron chi connectivity index (χ1n) is 9.31. The molecule has 0 aliphatic rings. The summed E-state index contributed by atoms with van der Waals surface area (Å²) < 4.78 is 5.26. The quantitative estimate of drug-likeness (QED) is 0.628. The SMILES string of the molecule is COc1ccc2cc(/C=C/C(=O)N[C@@H](CN(C)C)c3ccccc3)ccc2c1. The van der Waals surface area contributed by atoms with Gasteiger partial charge in [0, 0.05) is 12.6 Å². The molecule has 0 saturated heterocycles. The average Bonchev–Trinajstić information content (AvgIpc) is 2.71. The Balaban J connectivity index is 1.72. The molecule has 0 unspecified atom stereocenters. The number of nitrogens with one attached hydrogen (secondary N) is 1. The lowest BCUT2D eigenvalue weighted by Gasteiger charge is -2.22. The van der Waals surface area contributed by atoms with Crippen molar-refractivity contribution >= 4 is 22.8 Å². The molecule has 144 valence electrons. The Morgan fingerprint density at radius 3 is 2.46 bits per heavy atom. The summed E-state index contributed by atoms with van der Waals surface area (Å²) in [5.41, 5.74) is 2.08. The summed E-state index contributed by atoms with van der Waals surface area (Å²) in [6.07, 6.45) is 3.44. The summed E-state index contributed by atoms with van der Waals surface area (Å²) >= 11 is 0. The predicted molar refractivity (Wildman–Crippen MR) is 115 cm³/mol. The maximum atomic E-state index is 12.5. The van der Waals surface area contributed by atoms with Crippen LogP contribution in [0.5, 0.6) is 5.75 Å². The summed E-state index contributed by atoms with van der Waals surface area (Å²) in [6.45, 7) is 0.738. The highest BCUT2D eigenvalue weighted by Crippen LogP contribution is 2.22. The zero-order valence-corrected chi connectivity index (χ0v) is 16.6. The number of hydrogen-bond donors (Lipinski definition) is 1. The Hall–Kier alpha value is -3.11. The number of nitrogens with zero attached hydrogens (tertiary/aromatic N) is 1. The summed E-state index contributed by atoms with van der Waals surface area (Å²) in [7, 11) is 5.67. The molecule has 0 aromatic heterocycles. The highest BCUT2D eigenvalue weighted by atomic mass is 16.5. The summed E-state index contributed by atoms with van der Waals surface area (Å²) in [5, 5.41) is 5.32. The fourth-order valence-corrected chi connectivity index (χ4v) is 3.15. The number of fused-ring (bicyclic) bond motifs is 1. The van der Waals surface area contributed by atoms with E-state index in [4.69, 9.17) is 4.74 Å². The number of rotatable bonds is 7. The van der Waals surface area contributed by atoms with Crippen molar-refractivity contribution in [3.63, 3.8) is 0 Å². The van der Waals surface area contributed by atoms with E-state index in [1.54, 1.807) is 13.2 Å². The molecule has 0 saturated carbocycles. The minimum Gasteiger partial charge on any atom is -0.497 e. The first-order valence-corrected chi connectivity index (χ1v) is 9.31. The van der Waals surface area contributed by atoms with E-state index < -0.39 is 0 Å². The largest absolute Gasteiger partial charge is 0.497 e. The van der Waals surface area contributed by atoms with Gasteiger partial charge in [-0.15, -0.1) is 0 Å². The van der Waals surface area contributed by atoms with Crippen molar-refractivity contribution in [3.8, 4) is 5.75 Å². The van der Waals surface area contributed by atoms with Gasteiger partial charge in [0.25, 0.3) is 0 Å². The first-order chi connectivity index (χ1) is 13.5. The fraction of sp³-hybridized carbons (Fsp3) is 0.208. The first kappa shape index (κ1) is 19.6. The Bertz CT molecular complexity index is 965. The molecule has 1 N–H and O–H groups in total.